The van der Waals surface area contributed by atoms with Crippen LogP contribution in [0, 0.1) is 0 Å². The van der Waals surface area contributed by atoms with Crippen LogP contribution in [0.4, 0.5) is 0 Å². The van der Waals surface area contributed by atoms with Crippen molar-refractivity contribution in [2.24, 2.45) is 0 Å². The molecule has 0 aliphatic carbocycles. The highest BCUT2D eigenvalue weighted by atomic mass is 35.5. The predicted molar refractivity (Wildman–Crippen MR) is 92.5 cm³/mol. The second kappa shape index (κ2) is 7.24. The largest absolute Gasteiger partial charge is 0.490 e. The number of ether oxygens (including phenoxy) is 1. The van der Waals surface area contributed by atoms with Crippen LogP contribution in [0.3, 0.4) is 0 Å². The maximum absolute atomic E-state index is 12.6. The highest BCUT2D eigenvalue weighted by molar-refractivity contribution is 6.39. The van der Waals surface area contributed by atoms with Gasteiger partial charge in [-0.05, 0) is 24.3 Å². The van der Waals surface area contributed by atoms with Crippen molar-refractivity contribution < 1.29 is 9.53 Å². The molecule has 0 bridgehead atoms. The second-order valence-corrected chi connectivity index (χ2v) is 6.33. The number of carbonyl (C=O) groups excluding carboxylic acids is 1. The van der Waals surface area contributed by atoms with Gasteiger partial charge in [0.05, 0.1) is 15.6 Å². The van der Waals surface area contributed by atoms with Crippen LogP contribution in [0.5, 0.6) is 5.75 Å². The first kappa shape index (κ1) is 16.2. The van der Waals surface area contributed by atoms with E-state index >= 15 is 0 Å². The SMILES string of the molecule is O=C(c1c(Cl)cccc1Cl)N1CCC(Oc2ccccc2)CC1. The van der Waals surface area contributed by atoms with E-state index in [4.69, 9.17) is 27.9 Å². The number of benzene rings is 2. The Bertz CT molecular complexity index is 662. The summed E-state index contributed by atoms with van der Waals surface area (Å²) in [5.74, 6) is 0.755. The Balaban J connectivity index is 1.62. The lowest BCUT2D eigenvalue weighted by atomic mass is 10.1. The molecule has 3 nitrogen and oxygen atoms in total. The van der Waals surface area contributed by atoms with Crippen LogP contribution in [0.15, 0.2) is 48.5 Å². The monoisotopic (exact) mass is 349 g/mol. The van der Waals surface area contributed by atoms with Gasteiger partial charge in [-0.2, -0.15) is 0 Å². The number of likely N-dealkylation sites (tertiary alicyclic amines) is 1. The van der Waals surface area contributed by atoms with E-state index < -0.39 is 0 Å². The van der Waals surface area contributed by atoms with E-state index in [0.29, 0.717) is 28.7 Å². The predicted octanol–water partition coefficient (Wildman–Crippen LogP) is 4.68. The molecule has 0 atom stereocenters. The molecule has 0 aromatic heterocycles. The minimum absolute atomic E-state index is 0.112. The van der Waals surface area contributed by atoms with Gasteiger partial charge in [0.2, 0.25) is 0 Å². The summed E-state index contributed by atoms with van der Waals surface area (Å²) >= 11 is 12.2. The van der Waals surface area contributed by atoms with E-state index in [2.05, 4.69) is 0 Å². The molecule has 0 unspecified atom stereocenters. The first-order valence-corrected chi connectivity index (χ1v) is 8.36. The Labute approximate surface area is 145 Å². The number of piperidine rings is 1. The van der Waals surface area contributed by atoms with E-state index in [9.17, 15) is 4.79 Å². The van der Waals surface area contributed by atoms with Crippen molar-refractivity contribution in [1.82, 2.24) is 4.90 Å². The molecular formula is C18H17Cl2NO2. The molecule has 0 spiro atoms. The molecule has 1 aliphatic rings. The number of amides is 1. The Morgan fingerprint density at radius 3 is 2.17 bits per heavy atom. The molecule has 3 rings (SSSR count). The lowest BCUT2D eigenvalue weighted by Gasteiger charge is -2.32. The molecule has 120 valence electrons. The van der Waals surface area contributed by atoms with Crippen molar-refractivity contribution in [3.05, 3.63) is 64.1 Å². The van der Waals surface area contributed by atoms with E-state index in [1.54, 1.807) is 23.1 Å². The van der Waals surface area contributed by atoms with Gasteiger partial charge in [0.1, 0.15) is 11.9 Å². The first-order valence-electron chi connectivity index (χ1n) is 7.60. The molecule has 1 saturated heterocycles. The standard InChI is InChI=1S/C18H17Cl2NO2/c19-15-7-4-8-16(20)17(15)18(22)21-11-9-14(10-12-21)23-13-5-2-1-3-6-13/h1-8,14H,9-12H2. The van der Waals surface area contributed by atoms with E-state index in [-0.39, 0.29) is 12.0 Å². The van der Waals surface area contributed by atoms with Crippen molar-refractivity contribution in [3.8, 4) is 5.75 Å². The van der Waals surface area contributed by atoms with Crippen LogP contribution in [0.1, 0.15) is 23.2 Å². The average molecular weight is 350 g/mol. The number of carbonyl (C=O) groups is 1. The van der Waals surface area contributed by atoms with Gasteiger partial charge in [-0.3, -0.25) is 4.79 Å². The average Bonchev–Trinajstić information content (AvgIpc) is 2.56. The van der Waals surface area contributed by atoms with Crippen LogP contribution < -0.4 is 4.74 Å². The Hall–Kier alpha value is -1.71. The van der Waals surface area contributed by atoms with Crippen LogP contribution in [-0.2, 0) is 0 Å². The van der Waals surface area contributed by atoms with Gasteiger partial charge in [0.15, 0.2) is 0 Å². The third-order valence-corrected chi connectivity index (χ3v) is 4.58. The molecular weight excluding hydrogens is 333 g/mol. The van der Waals surface area contributed by atoms with Crippen molar-refractivity contribution >= 4 is 29.1 Å². The number of hydrogen-bond donors (Lipinski definition) is 0. The molecule has 0 saturated carbocycles. The van der Waals surface area contributed by atoms with Gasteiger partial charge in [-0.1, -0.05) is 47.5 Å². The zero-order valence-corrected chi connectivity index (χ0v) is 14.1. The molecule has 0 radical (unpaired) electrons. The van der Waals surface area contributed by atoms with Crippen molar-refractivity contribution in [2.75, 3.05) is 13.1 Å². The molecule has 2 aromatic carbocycles. The normalized spacial score (nSPS) is 15.5. The van der Waals surface area contributed by atoms with Gasteiger partial charge in [0.25, 0.3) is 5.91 Å². The first-order chi connectivity index (χ1) is 11.1. The smallest absolute Gasteiger partial charge is 0.256 e. The zero-order chi connectivity index (χ0) is 16.2. The summed E-state index contributed by atoms with van der Waals surface area (Å²) in [6.07, 6.45) is 1.72. The van der Waals surface area contributed by atoms with Gasteiger partial charge in [-0.25, -0.2) is 0 Å². The number of rotatable bonds is 3. The molecule has 5 heteroatoms. The molecule has 2 aromatic rings. The van der Waals surface area contributed by atoms with Gasteiger partial charge in [-0.15, -0.1) is 0 Å². The highest BCUT2D eigenvalue weighted by Crippen LogP contribution is 2.27. The van der Waals surface area contributed by atoms with Crippen molar-refractivity contribution in [1.29, 1.82) is 0 Å². The maximum atomic E-state index is 12.6. The summed E-state index contributed by atoms with van der Waals surface area (Å²) in [4.78, 5) is 14.4. The van der Waals surface area contributed by atoms with Crippen molar-refractivity contribution in [2.45, 2.75) is 18.9 Å². The minimum atomic E-state index is -0.112. The lowest BCUT2D eigenvalue weighted by molar-refractivity contribution is 0.0596. The van der Waals surface area contributed by atoms with Gasteiger partial charge in [0, 0.05) is 25.9 Å². The fourth-order valence-corrected chi connectivity index (χ4v) is 3.29. The fraction of sp³-hybridized carbons (Fsp3) is 0.278. The molecule has 1 aliphatic heterocycles. The molecule has 1 heterocycles. The quantitative estimate of drug-likeness (QED) is 0.805. The summed E-state index contributed by atoms with van der Waals surface area (Å²) in [5.41, 5.74) is 0.387. The molecule has 0 N–H and O–H groups in total. The summed E-state index contributed by atoms with van der Waals surface area (Å²) in [5, 5.41) is 0.787. The van der Waals surface area contributed by atoms with Crippen molar-refractivity contribution in [3.63, 3.8) is 0 Å². The lowest BCUT2D eigenvalue weighted by Crippen LogP contribution is -2.42. The Kier molecular flexibility index (Phi) is 5.09. The number of hydrogen-bond acceptors (Lipinski definition) is 2. The van der Waals surface area contributed by atoms with Crippen LogP contribution in [-0.4, -0.2) is 30.0 Å². The van der Waals surface area contributed by atoms with E-state index in [1.807, 2.05) is 30.3 Å². The van der Waals surface area contributed by atoms with E-state index in [1.165, 1.54) is 0 Å². The molecule has 1 fully saturated rings. The second-order valence-electron chi connectivity index (χ2n) is 5.52. The minimum Gasteiger partial charge on any atom is -0.490 e. The number of halogens is 2. The van der Waals surface area contributed by atoms with Gasteiger partial charge >= 0.3 is 0 Å². The maximum Gasteiger partial charge on any atom is 0.256 e. The number of nitrogens with zero attached hydrogens (tertiary/aromatic N) is 1. The zero-order valence-electron chi connectivity index (χ0n) is 12.5. The van der Waals surface area contributed by atoms with Crippen LogP contribution >= 0.6 is 23.2 Å². The fourth-order valence-electron chi connectivity index (χ4n) is 2.73. The summed E-state index contributed by atoms with van der Waals surface area (Å²) in [6.45, 7) is 1.27. The highest BCUT2D eigenvalue weighted by Gasteiger charge is 2.27. The Morgan fingerprint density at radius 2 is 1.57 bits per heavy atom. The van der Waals surface area contributed by atoms with E-state index in [0.717, 1.165) is 18.6 Å². The topological polar surface area (TPSA) is 29.5 Å². The van der Waals surface area contributed by atoms with Gasteiger partial charge < -0.3 is 9.64 Å². The Morgan fingerprint density at radius 1 is 0.957 bits per heavy atom. The third-order valence-electron chi connectivity index (χ3n) is 3.95. The number of para-hydroxylation sites is 1. The summed E-state index contributed by atoms with van der Waals surface area (Å²) in [6, 6.07) is 14.9. The summed E-state index contributed by atoms with van der Waals surface area (Å²) in [7, 11) is 0. The third kappa shape index (κ3) is 3.80. The molecule has 23 heavy (non-hydrogen) atoms. The van der Waals surface area contributed by atoms with Crippen LogP contribution in [0.2, 0.25) is 10.0 Å². The molecule has 1 amide bonds. The summed E-state index contributed by atoms with van der Waals surface area (Å²) < 4.78 is 5.95. The van der Waals surface area contributed by atoms with Crippen LogP contribution in [0.25, 0.3) is 0 Å².